The number of anilines is 2. The van der Waals surface area contributed by atoms with Crippen molar-refractivity contribution < 1.29 is 4.74 Å². The number of nitrogen functional groups attached to an aromatic ring is 1. The Morgan fingerprint density at radius 1 is 1.37 bits per heavy atom. The van der Waals surface area contributed by atoms with Crippen molar-refractivity contribution in [3.05, 3.63) is 47.1 Å². The number of para-hydroxylation sites is 1. The average molecular weight is 278 g/mol. The van der Waals surface area contributed by atoms with Crippen LogP contribution in [0.15, 0.2) is 36.5 Å². The first-order chi connectivity index (χ1) is 9.11. The van der Waals surface area contributed by atoms with Crippen LogP contribution >= 0.6 is 11.6 Å². The van der Waals surface area contributed by atoms with Gasteiger partial charge in [0.05, 0.1) is 24.0 Å². The molecule has 0 atom stereocenters. The van der Waals surface area contributed by atoms with Gasteiger partial charge in [-0.1, -0.05) is 29.8 Å². The molecule has 2 N–H and O–H groups in total. The minimum atomic E-state index is 0.539. The highest BCUT2D eigenvalue weighted by molar-refractivity contribution is 6.33. The van der Waals surface area contributed by atoms with E-state index in [4.69, 9.17) is 22.1 Å². The molecule has 0 fully saturated rings. The predicted octanol–water partition coefficient (Wildman–Crippen LogP) is 2.96. The van der Waals surface area contributed by atoms with E-state index in [-0.39, 0.29) is 0 Å². The van der Waals surface area contributed by atoms with E-state index in [1.165, 1.54) is 0 Å². The zero-order chi connectivity index (χ0) is 13.8. The highest BCUT2D eigenvalue weighted by atomic mass is 35.5. The molecule has 0 amide bonds. The first kappa shape index (κ1) is 13.5. The maximum atomic E-state index is 6.15. The van der Waals surface area contributed by atoms with Gasteiger partial charge in [-0.3, -0.25) is 0 Å². The molecule has 4 nitrogen and oxygen atoms in total. The number of hydrogen-bond acceptors (Lipinski definition) is 4. The molecular formula is C14H16ClN3O. The number of methoxy groups -OCH3 is 1. The van der Waals surface area contributed by atoms with E-state index in [1.807, 2.05) is 36.2 Å². The van der Waals surface area contributed by atoms with Gasteiger partial charge in [-0.2, -0.15) is 0 Å². The maximum absolute atomic E-state index is 6.15. The summed E-state index contributed by atoms with van der Waals surface area (Å²) in [4.78, 5) is 6.22. The van der Waals surface area contributed by atoms with Gasteiger partial charge < -0.3 is 15.4 Å². The number of ether oxygens (including phenoxy) is 1. The third-order valence-corrected chi connectivity index (χ3v) is 3.08. The molecular weight excluding hydrogens is 262 g/mol. The molecule has 0 aliphatic heterocycles. The minimum Gasteiger partial charge on any atom is -0.496 e. The van der Waals surface area contributed by atoms with Gasteiger partial charge in [-0.25, -0.2) is 4.98 Å². The second-order valence-electron chi connectivity index (χ2n) is 4.24. The quantitative estimate of drug-likeness (QED) is 0.933. The van der Waals surface area contributed by atoms with Crippen molar-refractivity contribution in [3.8, 4) is 5.75 Å². The summed E-state index contributed by atoms with van der Waals surface area (Å²) in [7, 11) is 3.59. The second-order valence-corrected chi connectivity index (χ2v) is 4.65. The van der Waals surface area contributed by atoms with Gasteiger partial charge in [-0.05, 0) is 12.1 Å². The molecule has 0 saturated carbocycles. The molecule has 0 spiro atoms. The molecule has 2 rings (SSSR count). The van der Waals surface area contributed by atoms with E-state index in [0.29, 0.717) is 23.1 Å². The standard InChI is InChI=1S/C14H16ClN3O/c1-18(14-12(15)7-11(16)8-17-14)9-10-5-3-4-6-13(10)19-2/h3-8H,9,16H2,1-2H3. The Morgan fingerprint density at radius 2 is 2.11 bits per heavy atom. The number of pyridine rings is 1. The number of benzene rings is 1. The van der Waals surface area contributed by atoms with Crippen LogP contribution in [0.1, 0.15) is 5.56 Å². The van der Waals surface area contributed by atoms with E-state index >= 15 is 0 Å². The maximum Gasteiger partial charge on any atom is 0.147 e. The van der Waals surface area contributed by atoms with E-state index in [0.717, 1.165) is 11.3 Å². The highest BCUT2D eigenvalue weighted by Crippen LogP contribution is 2.27. The molecule has 1 aromatic carbocycles. The fourth-order valence-electron chi connectivity index (χ4n) is 1.89. The predicted molar refractivity (Wildman–Crippen MR) is 78.8 cm³/mol. The number of aromatic nitrogens is 1. The third kappa shape index (κ3) is 3.09. The molecule has 19 heavy (non-hydrogen) atoms. The minimum absolute atomic E-state index is 0.539. The van der Waals surface area contributed by atoms with Gasteiger partial charge in [0.15, 0.2) is 0 Å². The van der Waals surface area contributed by atoms with Crippen molar-refractivity contribution in [2.24, 2.45) is 0 Å². The van der Waals surface area contributed by atoms with E-state index < -0.39 is 0 Å². The zero-order valence-corrected chi connectivity index (χ0v) is 11.7. The van der Waals surface area contributed by atoms with Crippen LogP contribution in [0.4, 0.5) is 11.5 Å². The topological polar surface area (TPSA) is 51.4 Å². The lowest BCUT2D eigenvalue weighted by Gasteiger charge is -2.20. The van der Waals surface area contributed by atoms with E-state index in [2.05, 4.69) is 4.98 Å². The summed E-state index contributed by atoms with van der Waals surface area (Å²) in [6, 6.07) is 9.56. The van der Waals surface area contributed by atoms with Gasteiger partial charge in [0.25, 0.3) is 0 Å². The van der Waals surface area contributed by atoms with Crippen LogP contribution in [0.2, 0.25) is 5.02 Å². The second kappa shape index (κ2) is 5.80. The van der Waals surface area contributed by atoms with Crippen molar-refractivity contribution >= 4 is 23.1 Å². The van der Waals surface area contributed by atoms with Crippen LogP contribution < -0.4 is 15.4 Å². The fourth-order valence-corrected chi connectivity index (χ4v) is 2.21. The lowest BCUT2D eigenvalue weighted by molar-refractivity contribution is 0.409. The Kier molecular flexibility index (Phi) is 4.12. The van der Waals surface area contributed by atoms with Gasteiger partial charge in [0.1, 0.15) is 11.6 Å². The number of rotatable bonds is 4. The Hall–Kier alpha value is -1.94. The zero-order valence-electron chi connectivity index (χ0n) is 10.9. The molecule has 0 unspecified atom stereocenters. The van der Waals surface area contributed by atoms with E-state index in [1.54, 1.807) is 19.4 Å². The fraction of sp³-hybridized carbons (Fsp3) is 0.214. The van der Waals surface area contributed by atoms with Crippen LogP contribution in [0.3, 0.4) is 0 Å². The highest BCUT2D eigenvalue weighted by Gasteiger charge is 2.11. The largest absolute Gasteiger partial charge is 0.496 e. The van der Waals surface area contributed by atoms with Crippen LogP contribution in [0.5, 0.6) is 5.75 Å². The number of nitrogens with two attached hydrogens (primary N) is 1. The van der Waals surface area contributed by atoms with Crippen molar-refractivity contribution in [3.63, 3.8) is 0 Å². The van der Waals surface area contributed by atoms with Crippen molar-refractivity contribution in [2.45, 2.75) is 6.54 Å². The first-order valence-corrected chi connectivity index (χ1v) is 6.23. The third-order valence-electron chi connectivity index (χ3n) is 2.80. The summed E-state index contributed by atoms with van der Waals surface area (Å²) < 4.78 is 5.33. The van der Waals surface area contributed by atoms with Gasteiger partial charge >= 0.3 is 0 Å². The summed E-state index contributed by atoms with van der Waals surface area (Å²) >= 11 is 6.15. The molecule has 2 aromatic rings. The normalized spacial score (nSPS) is 10.3. The molecule has 0 bridgehead atoms. The van der Waals surface area contributed by atoms with Gasteiger partial charge in [0.2, 0.25) is 0 Å². The SMILES string of the molecule is COc1ccccc1CN(C)c1ncc(N)cc1Cl. The van der Waals surface area contributed by atoms with Crippen LogP contribution in [0, 0.1) is 0 Å². The average Bonchev–Trinajstić information content (AvgIpc) is 2.39. The lowest BCUT2D eigenvalue weighted by atomic mass is 10.2. The Labute approximate surface area is 117 Å². The molecule has 1 aromatic heterocycles. The van der Waals surface area contributed by atoms with Crippen LogP contribution in [-0.4, -0.2) is 19.1 Å². The molecule has 100 valence electrons. The number of hydrogen-bond donors (Lipinski definition) is 1. The first-order valence-electron chi connectivity index (χ1n) is 5.86. The molecule has 0 radical (unpaired) electrons. The Morgan fingerprint density at radius 3 is 2.79 bits per heavy atom. The van der Waals surface area contributed by atoms with Gasteiger partial charge in [0, 0.05) is 19.2 Å². The Balaban J connectivity index is 2.23. The summed E-state index contributed by atoms with van der Waals surface area (Å²) in [6.07, 6.45) is 1.60. The summed E-state index contributed by atoms with van der Waals surface area (Å²) in [5, 5.41) is 0.539. The van der Waals surface area contributed by atoms with Crippen molar-refractivity contribution in [1.82, 2.24) is 4.98 Å². The summed E-state index contributed by atoms with van der Waals surface area (Å²) in [5.41, 5.74) is 7.27. The lowest BCUT2D eigenvalue weighted by Crippen LogP contribution is -2.18. The number of nitrogens with zero attached hydrogens (tertiary/aromatic N) is 2. The Bertz CT molecular complexity index is 574. The van der Waals surface area contributed by atoms with Crippen molar-refractivity contribution in [2.75, 3.05) is 24.8 Å². The molecule has 0 saturated heterocycles. The van der Waals surface area contributed by atoms with Crippen LogP contribution in [0.25, 0.3) is 0 Å². The molecule has 0 aliphatic carbocycles. The molecule has 5 heteroatoms. The summed E-state index contributed by atoms with van der Waals surface area (Å²) in [5.74, 6) is 1.54. The van der Waals surface area contributed by atoms with Crippen molar-refractivity contribution in [1.29, 1.82) is 0 Å². The van der Waals surface area contributed by atoms with Gasteiger partial charge in [-0.15, -0.1) is 0 Å². The van der Waals surface area contributed by atoms with Crippen LogP contribution in [-0.2, 0) is 6.54 Å². The van der Waals surface area contributed by atoms with E-state index in [9.17, 15) is 0 Å². The summed E-state index contributed by atoms with van der Waals surface area (Å²) in [6.45, 7) is 0.653. The molecule has 0 aliphatic rings. The smallest absolute Gasteiger partial charge is 0.147 e. The monoisotopic (exact) mass is 277 g/mol. The molecule has 1 heterocycles. The number of halogens is 1.